The number of benzene rings is 2. The van der Waals surface area contributed by atoms with E-state index in [-0.39, 0.29) is 0 Å². The molecule has 2 heterocycles. The lowest BCUT2D eigenvalue weighted by molar-refractivity contribution is 0.0998. The van der Waals surface area contributed by atoms with E-state index in [4.69, 9.17) is 4.74 Å². The molecular weight excluding hydrogens is 334 g/mol. The SMILES string of the molecule is COc1cccc(CN2CCC(N3CCN(c4ccccc4)CC3)CC2)c1. The molecule has 2 aromatic rings. The molecule has 144 valence electrons. The van der Waals surface area contributed by atoms with Gasteiger partial charge in [0.05, 0.1) is 7.11 Å². The van der Waals surface area contributed by atoms with Crippen molar-refractivity contribution in [3.05, 3.63) is 60.2 Å². The van der Waals surface area contributed by atoms with E-state index in [1.807, 2.05) is 6.07 Å². The lowest BCUT2D eigenvalue weighted by Gasteiger charge is -2.43. The van der Waals surface area contributed by atoms with Gasteiger partial charge in [-0.1, -0.05) is 30.3 Å². The largest absolute Gasteiger partial charge is 0.497 e. The fraction of sp³-hybridized carbons (Fsp3) is 0.478. The Morgan fingerprint density at radius 2 is 1.59 bits per heavy atom. The third-order valence-corrected chi connectivity index (χ3v) is 6.05. The molecular formula is C23H31N3O. The van der Waals surface area contributed by atoms with Gasteiger partial charge in [-0.25, -0.2) is 0 Å². The van der Waals surface area contributed by atoms with Crippen LogP contribution in [-0.2, 0) is 6.54 Å². The van der Waals surface area contributed by atoms with Crippen LogP contribution >= 0.6 is 0 Å². The number of likely N-dealkylation sites (tertiary alicyclic amines) is 1. The van der Waals surface area contributed by atoms with Crippen molar-refractivity contribution in [2.24, 2.45) is 0 Å². The maximum atomic E-state index is 5.35. The number of hydrogen-bond acceptors (Lipinski definition) is 4. The fourth-order valence-corrected chi connectivity index (χ4v) is 4.46. The van der Waals surface area contributed by atoms with Gasteiger partial charge in [0.15, 0.2) is 0 Å². The van der Waals surface area contributed by atoms with Crippen molar-refractivity contribution < 1.29 is 4.74 Å². The van der Waals surface area contributed by atoms with Crippen LogP contribution < -0.4 is 9.64 Å². The van der Waals surface area contributed by atoms with E-state index in [2.05, 4.69) is 63.2 Å². The molecule has 0 aliphatic carbocycles. The predicted octanol–water partition coefficient (Wildman–Crippen LogP) is 3.48. The number of anilines is 1. The molecule has 4 rings (SSSR count). The van der Waals surface area contributed by atoms with Crippen molar-refractivity contribution >= 4 is 5.69 Å². The molecule has 0 saturated carbocycles. The van der Waals surface area contributed by atoms with E-state index in [0.29, 0.717) is 0 Å². The Kier molecular flexibility index (Phi) is 5.95. The minimum absolute atomic E-state index is 0.754. The molecule has 4 nitrogen and oxygen atoms in total. The molecule has 4 heteroatoms. The number of methoxy groups -OCH3 is 1. The van der Waals surface area contributed by atoms with Gasteiger partial charge in [-0.3, -0.25) is 9.80 Å². The van der Waals surface area contributed by atoms with Gasteiger partial charge in [0.25, 0.3) is 0 Å². The van der Waals surface area contributed by atoms with Gasteiger partial charge in [-0.15, -0.1) is 0 Å². The average molecular weight is 366 g/mol. The monoisotopic (exact) mass is 365 g/mol. The molecule has 0 atom stereocenters. The van der Waals surface area contributed by atoms with Crippen LogP contribution in [0.5, 0.6) is 5.75 Å². The van der Waals surface area contributed by atoms with E-state index in [1.165, 1.54) is 50.3 Å². The van der Waals surface area contributed by atoms with Crippen LogP contribution in [0.25, 0.3) is 0 Å². The number of para-hydroxylation sites is 1. The second kappa shape index (κ2) is 8.77. The summed E-state index contributed by atoms with van der Waals surface area (Å²) in [6.07, 6.45) is 2.57. The van der Waals surface area contributed by atoms with Crippen molar-refractivity contribution in [3.63, 3.8) is 0 Å². The highest BCUT2D eigenvalue weighted by molar-refractivity contribution is 5.46. The third kappa shape index (κ3) is 4.63. The highest BCUT2D eigenvalue weighted by Crippen LogP contribution is 2.23. The number of piperazine rings is 1. The zero-order valence-corrected chi connectivity index (χ0v) is 16.4. The molecule has 2 aliphatic rings. The van der Waals surface area contributed by atoms with E-state index < -0.39 is 0 Å². The molecule has 2 saturated heterocycles. The van der Waals surface area contributed by atoms with Crippen LogP contribution in [0.4, 0.5) is 5.69 Å². The van der Waals surface area contributed by atoms with Gasteiger partial charge in [0, 0.05) is 44.5 Å². The molecule has 2 aliphatic heterocycles. The summed E-state index contributed by atoms with van der Waals surface area (Å²) in [5, 5.41) is 0. The minimum Gasteiger partial charge on any atom is -0.497 e. The summed E-state index contributed by atoms with van der Waals surface area (Å²) in [5.41, 5.74) is 2.72. The molecule has 0 amide bonds. The molecule has 0 N–H and O–H groups in total. The molecule has 0 aromatic heterocycles. The highest BCUT2D eigenvalue weighted by atomic mass is 16.5. The van der Waals surface area contributed by atoms with Gasteiger partial charge in [-0.2, -0.15) is 0 Å². The van der Waals surface area contributed by atoms with Crippen LogP contribution in [0.3, 0.4) is 0 Å². The first-order valence-corrected chi connectivity index (χ1v) is 10.2. The van der Waals surface area contributed by atoms with Crippen molar-refractivity contribution in [2.45, 2.75) is 25.4 Å². The zero-order chi connectivity index (χ0) is 18.5. The first-order chi connectivity index (χ1) is 13.3. The summed E-state index contributed by atoms with van der Waals surface area (Å²) >= 11 is 0. The third-order valence-electron chi connectivity index (χ3n) is 6.05. The maximum Gasteiger partial charge on any atom is 0.119 e. The smallest absolute Gasteiger partial charge is 0.119 e. The average Bonchev–Trinajstić information content (AvgIpc) is 2.75. The Hall–Kier alpha value is -2.04. The van der Waals surface area contributed by atoms with Crippen LogP contribution in [-0.4, -0.2) is 62.2 Å². The lowest BCUT2D eigenvalue weighted by Crippen LogP contribution is -2.53. The van der Waals surface area contributed by atoms with Crippen LogP contribution in [0, 0.1) is 0 Å². The zero-order valence-electron chi connectivity index (χ0n) is 16.4. The number of piperidine rings is 1. The number of nitrogens with zero attached hydrogens (tertiary/aromatic N) is 3. The number of hydrogen-bond donors (Lipinski definition) is 0. The van der Waals surface area contributed by atoms with E-state index >= 15 is 0 Å². The summed E-state index contributed by atoms with van der Waals surface area (Å²) in [6, 6.07) is 20.1. The van der Waals surface area contributed by atoms with Crippen molar-refractivity contribution in [2.75, 3.05) is 51.3 Å². The summed E-state index contributed by atoms with van der Waals surface area (Å²) in [7, 11) is 1.74. The van der Waals surface area contributed by atoms with Crippen molar-refractivity contribution in [3.8, 4) is 5.75 Å². The van der Waals surface area contributed by atoms with Crippen LogP contribution in [0.1, 0.15) is 18.4 Å². The first-order valence-electron chi connectivity index (χ1n) is 10.2. The first kappa shape index (κ1) is 18.3. The highest BCUT2D eigenvalue weighted by Gasteiger charge is 2.27. The van der Waals surface area contributed by atoms with E-state index in [9.17, 15) is 0 Å². The molecule has 2 fully saturated rings. The molecule has 0 bridgehead atoms. The summed E-state index contributed by atoms with van der Waals surface area (Å²) in [6.45, 7) is 8.10. The van der Waals surface area contributed by atoms with Crippen molar-refractivity contribution in [1.29, 1.82) is 0 Å². The van der Waals surface area contributed by atoms with Gasteiger partial charge in [0.1, 0.15) is 5.75 Å². The Balaban J connectivity index is 1.24. The lowest BCUT2D eigenvalue weighted by atomic mass is 10.0. The summed E-state index contributed by atoms with van der Waals surface area (Å²) in [4.78, 5) is 7.84. The Morgan fingerprint density at radius 3 is 2.30 bits per heavy atom. The Labute approximate surface area is 163 Å². The van der Waals surface area contributed by atoms with Crippen molar-refractivity contribution in [1.82, 2.24) is 9.80 Å². The maximum absolute atomic E-state index is 5.35. The van der Waals surface area contributed by atoms with Crippen LogP contribution in [0.15, 0.2) is 54.6 Å². The number of ether oxygens (including phenoxy) is 1. The van der Waals surface area contributed by atoms with Gasteiger partial charge in [-0.05, 0) is 55.8 Å². The molecule has 0 radical (unpaired) electrons. The standard InChI is InChI=1S/C23H31N3O/c1-27-23-9-5-6-20(18-23)19-24-12-10-22(11-13-24)26-16-14-25(15-17-26)21-7-3-2-4-8-21/h2-9,18,22H,10-17,19H2,1H3. The minimum atomic E-state index is 0.754. The Morgan fingerprint density at radius 1 is 0.852 bits per heavy atom. The molecule has 0 spiro atoms. The van der Waals surface area contributed by atoms with Crippen LogP contribution in [0.2, 0.25) is 0 Å². The number of rotatable bonds is 5. The molecule has 0 unspecified atom stereocenters. The van der Waals surface area contributed by atoms with E-state index in [0.717, 1.165) is 31.4 Å². The molecule has 2 aromatic carbocycles. The van der Waals surface area contributed by atoms with E-state index in [1.54, 1.807) is 7.11 Å². The summed E-state index contributed by atoms with van der Waals surface area (Å²) in [5.74, 6) is 0.957. The topological polar surface area (TPSA) is 19.0 Å². The van der Waals surface area contributed by atoms with Gasteiger partial charge in [0.2, 0.25) is 0 Å². The van der Waals surface area contributed by atoms with Gasteiger partial charge < -0.3 is 9.64 Å². The van der Waals surface area contributed by atoms with Gasteiger partial charge >= 0.3 is 0 Å². The molecule has 27 heavy (non-hydrogen) atoms. The normalized spacial score (nSPS) is 20.0. The quantitative estimate of drug-likeness (QED) is 0.807. The summed E-state index contributed by atoms with van der Waals surface area (Å²) < 4.78 is 5.35. The Bertz CT molecular complexity index is 705. The second-order valence-corrected chi connectivity index (χ2v) is 7.72. The predicted molar refractivity (Wildman–Crippen MR) is 112 cm³/mol. The fourth-order valence-electron chi connectivity index (χ4n) is 4.46. The second-order valence-electron chi connectivity index (χ2n) is 7.72.